The van der Waals surface area contributed by atoms with Crippen LogP contribution in [0.15, 0.2) is 47.9 Å². The van der Waals surface area contributed by atoms with E-state index in [0.29, 0.717) is 18.1 Å². The highest BCUT2D eigenvalue weighted by Gasteiger charge is 2.20. The number of para-hydroxylation sites is 1. The first-order valence-electron chi connectivity index (χ1n) is 8.87. The van der Waals surface area contributed by atoms with Crippen LogP contribution < -0.4 is 5.32 Å². The molecule has 4 rings (SSSR count). The standard InChI is InChI=1S/C19H20N6O2S/c1-12(2)15-11-22-25-17(15)23-19(28(3,26)27)24-18(25)21-10-14-7-4-6-13-8-5-9-20-16(13)14/h4-9,11-12H,10H2,1-3H3,(H,21,23,24). The molecule has 144 valence electrons. The van der Waals surface area contributed by atoms with Gasteiger partial charge in [0.25, 0.3) is 5.16 Å². The average molecular weight is 396 g/mol. The van der Waals surface area contributed by atoms with E-state index >= 15 is 0 Å². The predicted molar refractivity (Wildman–Crippen MR) is 107 cm³/mol. The second kappa shape index (κ2) is 6.83. The Bertz CT molecular complexity index is 1280. The molecule has 0 bridgehead atoms. The fraction of sp³-hybridized carbons (Fsp3) is 0.263. The smallest absolute Gasteiger partial charge is 0.252 e. The molecule has 0 saturated heterocycles. The molecule has 0 spiro atoms. The summed E-state index contributed by atoms with van der Waals surface area (Å²) in [5.74, 6) is 0.472. The average Bonchev–Trinajstić information content (AvgIpc) is 3.10. The van der Waals surface area contributed by atoms with Crippen LogP contribution in [-0.2, 0) is 16.4 Å². The highest BCUT2D eigenvalue weighted by atomic mass is 32.2. The number of hydrogen-bond donors (Lipinski definition) is 1. The molecular formula is C19H20N6O2S. The minimum atomic E-state index is -3.57. The number of hydrogen-bond acceptors (Lipinski definition) is 7. The van der Waals surface area contributed by atoms with E-state index < -0.39 is 9.84 Å². The van der Waals surface area contributed by atoms with Crippen LogP contribution in [0.1, 0.15) is 30.9 Å². The van der Waals surface area contributed by atoms with Gasteiger partial charge in [0.05, 0.1) is 11.7 Å². The molecule has 9 heteroatoms. The van der Waals surface area contributed by atoms with Crippen LogP contribution in [-0.4, -0.2) is 39.2 Å². The summed E-state index contributed by atoms with van der Waals surface area (Å²) in [6.07, 6.45) is 4.55. The Labute approximate surface area is 162 Å². The van der Waals surface area contributed by atoms with Crippen molar-refractivity contribution in [2.75, 3.05) is 11.6 Å². The van der Waals surface area contributed by atoms with Gasteiger partial charge in [0, 0.05) is 29.9 Å². The first-order chi connectivity index (χ1) is 13.3. The van der Waals surface area contributed by atoms with E-state index in [1.165, 1.54) is 0 Å². The van der Waals surface area contributed by atoms with Crippen LogP contribution in [0, 0.1) is 0 Å². The highest BCUT2D eigenvalue weighted by molar-refractivity contribution is 7.90. The number of nitrogens with one attached hydrogen (secondary N) is 1. The van der Waals surface area contributed by atoms with E-state index in [1.807, 2.05) is 44.2 Å². The first-order valence-corrected chi connectivity index (χ1v) is 10.8. The lowest BCUT2D eigenvalue weighted by Crippen LogP contribution is -2.14. The Morgan fingerprint density at radius 3 is 2.68 bits per heavy atom. The zero-order valence-electron chi connectivity index (χ0n) is 15.8. The molecule has 0 amide bonds. The zero-order chi connectivity index (χ0) is 19.9. The van der Waals surface area contributed by atoms with E-state index in [4.69, 9.17) is 0 Å². The highest BCUT2D eigenvalue weighted by Crippen LogP contribution is 2.23. The SMILES string of the molecule is CC(C)c1cnn2c(NCc3cccc4cccnc34)nc(S(C)(=O)=O)nc12. The molecule has 0 saturated carbocycles. The van der Waals surface area contributed by atoms with Crippen molar-refractivity contribution in [3.05, 3.63) is 53.9 Å². The van der Waals surface area contributed by atoms with Crippen molar-refractivity contribution < 1.29 is 8.42 Å². The number of sulfone groups is 1. The molecule has 0 radical (unpaired) electrons. The van der Waals surface area contributed by atoms with Crippen molar-refractivity contribution in [3.8, 4) is 0 Å². The topological polar surface area (TPSA) is 102 Å². The normalized spacial score (nSPS) is 12.1. The van der Waals surface area contributed by atoms with Crippen LogP contribution in [0.25, 0.3) is 16.6 Å². The second-order valence-corrected chi connectivity index (χ2v) is 8.85. The van der Waals surface area contributed by atoms with Crippen molar-refractivity contribution in [1.82, 2.24) is 24.6 Å². The predicted octanol–water partition coefficient (Wildman–Crippen LogP) is 2.81. The van der Waals surface area contributed by atoms with Gasteiger partial charge in [0.2, 0.25) is 15.8 Å². The summed E-state index contributed by atoms with van der Waals surface area (Å²) in [7, 11) is -3.57. The molecule has 0 atom stereocenters. The number of fused-ring (bicyclic) bond motifs is 2. The summed E-state index contributed by atoms with van der Waals surface area (Å²) in [6, 6.07) is 9.82. The number of anilines is 1. The van der Waals surface area contributed by atoms with Gasteiger partial charge < -0.3 is 5.32 Å². The molecule has 3 aromatic heterocycles. The summed E-state index contributed by atoms with van der Waals surface area (Å²) < 4.78 is 25.7. The molecule has 1 aromatic carbocycles. The molecule has 0 fully saturated rings. The Morgan fingerprint density at radius 1 is 1.14 bits per heavy atom. The van der Waals surface area contributed by atoms with E-state index in [2.05, 4.69) is 25.4 Å². The largest absolute Gasteiger partial charge is 0.350 e. The van der Waals surface area contributed by atoms with E-state index in [0.717, 1.165) is 28.3 Å². The minimum Gasteiger partial charge on any atom is -0.350 e. The maximum Gasteiger partial charge on any atom is 0.252 e. The van der Waals surface area contributed by atoms with Gasteiger partial charge in [0.1, 0.15) is 0 Å². The number of aromatic nitrogens is 5. The number of nitrogens with zero attached hydrogens (tertiary/aromatic N) is 5. The van der Waals surface area contributed by atoms with Crippen LogP contribution >= 0.6 is 0 Å². The summed E-state index contributed by atoms with van der Waals surface area (Å²) >= 11 is 0. The van der Waals surface area contributed by atoms with Crippen molar-refractivity contribution >= 4 is 32.3 Å². The Hall–Kier alpha value is -3.07. The molecule has 28 heavy (non-hydrogen) atoms. The fourth-order valence-corrected chi connectivity index (χ4v) is 3.55. The maximum atomic E-state index is 12.1. The molecule has 4 aromatic rings. The minimum absolute atomic E-state index is 0.148. The van der Waals surface area contributed by atoms with Crippen LogP contribution in [0.5, 0.6) is 0 Å². The Kier molecular flexibility index (Phi) is 4.46. The summed E-state index contributed by atoms with van der Waals surface area (Å²) in [5.41, 5.74) is 3.21. The first kappa shape index (κ1) is 18.3. The zero-order valence-corrected chi connectivity index (χ0v) is 16.6. The van der Waals surface area contributed by atoms with Gasteiger partial charge in [-0.25, -0.2) is 8.42 Å². The third-order valence-corrected chi connectivity index (χ3v) is 5.33. The quantitative estimate of drug-likeness (QED) is 0.553. The molecule has 3 heterocycles. The van der Waals surface area contributed by atoms with Crippen molar-refractivity contribution in [2.45, 2.75) is 31.5 Å². The van der Waals surface area contributed by atoms with Crippen LogP contribution in [0.4, 0.5) is 5.95 Å². The fourth-order valence-electron chi connectivity index (χ4n) is 3.05. The molecule has 0 unspecified atom stereocenters. The summed E-state index contributed by atoms with van der Waals surface area (Å²) in [6.45, 7) is 4.43. The summed E-state index contributed by atoms with van der Waals surface area (Å²) in [4.78, 5) is 12.9. The van der Waals surface area contributed by atoms with E-state index in [-0.39, 0.29) is 11.1 Å². The molecule has 8 nitrogen and oxygen atoms in total. The van der Waals surface area contributed by atoms with E-state index in [9.17, 15) is 8.42 Å². The third kappa shape index (κ3) is 3.29. The number of pyridine rings is 1. The molecule has 0 aliphatic rings. The molecular weight excluding hydrogens is 376 g/mol. The van der Waals surface area contributed by atoms with Crippen molar-refractivity contribution in [2.24, 2.45) is 0 Å². The lowest BCUT2D eigenvalue weighted by Gasteiger charge is -2.11. The number of benzene rings is 1. The van der Waals surface area contributed by atoms with Crippen LogP contribution in [0.3, 0.4) is 0 Å². The number of rotatable bonds is 5. The molecule has 0 aliphatic carbocycles. The van der Waals surface area contributed by atoms with Gasteiger partial charge in [-0.3, -0.25) is 4.98 Å². The third-order valence-electron chi connectivity index (χ3n) is 4.48. The summed E-state index contributed by atoms with van der Waals surface area (Å²) in [5, 5.41) is 8.38. The Morgan fingerprint density at radius 2 is 1.93 bits per heavy atom. The lowest BCUT2D eigenvalue weighted by molar-refractivity contribution is 0.592. The van der Waals surface area contributed by atoms with Gasteiger partial charge in [-0.2, -0.15) is 19.6 Å². The van der Waals surface area contributed by atoms with Crippen LogP contribution in [0.2, 0.25) is 0 Å². The maximum absolute atomic E-state index is 12.1. The van der Waals surface area contributed by atoms with Gasteiger partial charge >= 0.3 is 0 Å². The van der Waals surface area contributed by atoms with Crippen molar-refractivity contribution in [3.63, 3.8) is 0 Å². The van der Waals surface area contributed by atoms with E-state index in [1.54, 1.807) is 16.9 Å². The van der Waals surface area contributed by atoms with Crippen molar-refractivity contribution in [1.29, 1.82) is 0 Å². The van der Waals surface area contributed by atoms with Gasteiger partial charge in [-0.1, -0.05) is 38.1 Å². The van der Waals surface area contributed by atoms with Gasteiger partial charge in [-0.05, 0) is 17.5 Å². The lowest BCUT2D eigenvalue weighted by atomic mass is 10.1. The second-order valence-electron chi connectivity index (χ2n) is 6.94. The Balaban J connectivity index is 1.79. The molecule has 1 N–H and O–H groups in total. The molecule has 0 aliphatic heterocycles. The van der Waals surface area contributed by atoms with Gasteiger partial charge in [0.15, 0.2) is 5.65 Å². The van der Waals surface area contributed by atoms with Gasteiger partial charge in [-0.15, -0.1) is 0 Å². The monoisotopic (exact) mass is 396 g/mol.